The van der Waals surface area contributed by atoms with Gasteiger partial charge in [-0.2, -0.15) is 0 Å². The zero-order chi connectivity index (χ0) is 19.0. The van der Waals surface area contributed by atoms with Crippen LogP contribution in [0.1, 0.15) is 57.4 Å². The zero-order valence-electron chi connectivity index (χ0n) is 15.8. The number of benzene rings is 1. The van der Waals surface area contributed by atoms with Crippen molar-refractivity contribution in [1.82, 2.24) is 0 Å². The van der Waals surface area contributed by atoms with Crippen LogP contribution in [0, 0.1) is 0 Å². The molecule has 1 aromatic carbocycles. The van der Waals surface area contributed by atoms with E-state index in [2.05, 4.69) is 40.6 Å². The molecule has 1 aliphatic rings. The zero-order valence-corrected chi connectivity index (χ0v) is 16.7. The van der Waals surface area contributed by atoms with Gasteiger partial charge in [-0.25, -0.2) is 4.57 Å². The average molecular weight is 384 g/mol. The summed E-state index contributed by atoms with van der Waals surface area (Å²) in [4.78, 5) is 19.9. The summed E-state index contributed by atoms with van der Waals surface area (Å²) >= 11 is 0. The van der Waals surface area contributed by atoms with Gasteiger partial charge in [-0.3, -0.25) is 4.52 Å². The van der Waals surface area contributed by atoms with Gasteiger partial charge >= 0.3 is 7.82 Å². The average Bonchev–Trinajstić information content (AvgIpc) is 2.99. The molecule has 0 bridgehead atoms. The van der Waals surface area contributed by atoms with Crippen LogP contribution in [0.2, 0.25) is 0 Å². The first-order valence-electron chi connectivity index (χ1n) is 9.64. The lowest BCUT2D eigenvalue weighted by molar-refractivity contribution is 0.159. The first-order valence-corrected chi connectivity index (χ1v) is 11.2. The van der Waals surface area contributed by atoms with E-state index < -0.39 is 13.4 Å². The van der Waals surface area contributed by atoms with Crippen molar-refractivity contribution >= 4 is 13.5 Å². The van der Waals surface area contributed by atoms with Gasteiger partial charge in [-0.15, -0.1) is 0 Å². The fourth-order valence-corrected chi connectivity index (χ4v) is 3.85. The predicted molar refractivity (Wildman–Crippen MR) is 105 cm³/mol. The fourth-order valence-electron chi connectivity index (χ4n) is 3.43. The maximum absolute atomic E-state index is 10.9. The van der Waals surface area contributed by atoms with E-state index in [4.69, 9.17) is 15.5 Å². The van der Waals surface area contributed by atoms with Crippen LogP contribution >= 0.6 is 7.82 Å². The van der Waals surface area contributed by atoms with Crippen LogP contribution in [-0.4, -0.2) is 35.0 Å². The third kappa shape index (κ3) is 7.37. The summed E-state index contributed by atoms with van der Waals surface area (Å²) in [5.41, 5.74) is 7.96. The van der Waals surface area contributed by atoms with Gasteiger partial charge in [0, 0.05) is 18.8 Å². The molecule has 1 heterocycles. The Morgan fingerprint density at radius 3 is 2.46 bits per heavy atom. The third-order valence-corrected chi connectivity index (χ3v) is 5.49. The van der Waals surface area contributed by atoms with E-state index in [0.717, 1.165) is 18.7 Å². The highest BCUT2D eigenvalue weighted by molar-refractivity contribution is 7.46. The molecule has 1 unspecified atom stereocenters. The summed E-state index contributed by atoms with van der Waals surface area (Å²) in [6.07, 6.45) is 9.59. The molecule has 6 nitrogen and oxygen atoms in total. The molecule has 0 saturated carbocycles. The SMILES string of the molecule is CCCCCCCCc1ccc(N2CCC(N)(COP(=O)(O)O)C2)cc1. The number of phosphoric acid groups is 1. The number of aryl methyl sites for hydroxylation is 1. The molecule has 26 heavy (non-hydrogen) atoms. The summed E-state index contributed by atoms with van der Waals surface area (Å²) in [6.45, 7) is 3.40. The Labute approximate surface area is 157 Å². The Balaban J connectivity index is 1.77. The molecule has 0 amide bonds. The quantitative estimate of drug-likeness (QED) is 0.398. The Bertz CT molecular complexity index is 590. The van der Waals surface area contributed by atoms with Gasteiger partial charge in [-0.1, -0.05) is 51.2 Å². The molecule has 1 atom stereocenters. The summed E-state index contributed by atoms with van der Waals surface area (Å²) < 4.78 is 15.5. The monoisotopic (exact) mass is 384 g/mol. The number of nitrogens with two attached hydrogens (primary N) is 1. The van der Waals surface area contributed by atoms with Crippen LogP contribution in [0.25, 0.3) is 0 Å². The molecule has 0 aromatic heterocycles. The minimum absolute atomic E-state index is 0.135. The van der Waals surface area contributed by atoms with Crippen molar-refractivity contribution in [2.45, 2.75) is 63.8 Å². The molecule has 1 saturated heterocycles. The van der Waals surface area contributed by atoms with E-state index in [1.165, 1.54) is 44.1 Å². The number of nitrogens with zero attached hydrogens (tertiary/aromatic N) is 1. The fraction of sp³-hybridized carbons (Fsp3) is 0.684. The van der Waals surface area contributed by atoms with E-state index >= 15 is 0 Å². The minimum Gasteiger partial charge on any atom is -0.370 e. The highest BCUT2D eigenvalue weighted by atomic mass is 31.2. The summed E-state index contributed by atoms with van der Waals surface area (Å²) in [5.74, 6) is 0. The molecule has 1 aliphatic heterocycles. The van der Waals surface area contributed by atoms with Crippen LogP contribution in [0.4, 0.5) is 5.69 Å². The molecule has 0 spiro atoms. The van der Waals surface area contributed by atoms with Gasteiger partial charge in [-0.05, 0) is 37.0 Å². The maximum Gasteiger partial charge on any atom is 0.469 e. The van der Waals surface area contributed by atoms with Crippen LogP contribution in [0.15, 0.2) is 24.3 Å². The maximum atomic E-state index is 10.9. The predicted octanol–water partition coefficient (Wildman–Crippen LogP) is 3.61. The highest BCUT2D eigenvalue weighted by Crippen LogP contribution is 2.38. The van der Waals surface area contributed by atoms with Gasteiger partial charge in [0.1, 0.15) is 0 Å². The van der Waals surface area contributed by atoms with Gasteiger partial charge in [0.15, 0.2) is 0 Å². The number of hydrogen-bond donors (Lipinski definition) is 3. The van der Waals surface area contributed by atoms with E-state index in [0.29, 0.717) is 13.0 Å². The van der Waals surface area contributed by atoms with Crippen LogP contribution in [0.3, 0.4) is 0 Å². The van der Waals surface area contributed by atoms with Crippen molar-refractivity contribution < 1.29 is 18.9 Å². The van der Waals surface area contributed by atoms with Crippen molar-refractivity contribution in [3.05, 3.63) is 29.8 Å². The van der Waals surface area contributed by atoms with E-state index in [-0.39, 0.29) is 6.61 Å². The molecule has 2 rings (SSSR count). The Morgan fingerprint density at radius 1 is 1.15 bits per heavy atom. The lowest BCUT2D eigenvalue weighted by Crippen LogP contribution is -2.46. The second-order valence-corrected chi connectivity index (χ2v) is 8.72. The largest absolute Gasteiger partial charge is 0.469 e. The van der Waals surface area contributed by atoms with Gasteiger partial charge < -0.3 is 20.4 Å². The second-order valence-electron chi connectivity index (χ2n) is 7.48. The molecule has 1 fully saturated rings. The molecule has 0 radical (unpaired) electrons. The summed E-state index contributed by atoms with van der Waals surface area (Å²) in [5, 5.41) is 0. The minimum atomic E-state index is -4.48. The molecule has 0 aliphatic carbocycles. The van der Waals surface area contributed by atoms with Crippen LogP contribution in [0.5, 0.6) is 0 Å². The van der Waals surface area contributed by atoms with Crippen LogP contribution < -0.4 is 10.6 Å². The molecular weight excluding hydrogens is 351 g/mol. The third-order valence-electron chi connectivity index (χ3n) is 5.03. The molecular formula is C19H33N2O4P. The van der Waals surface area contributed by atoms with Gasteiger partial charge in [0.05, 0.1) is 12.1 Å². The lowest BCUT2D eigenvalue weighted by Gasteiger charge is -2.25. The second kappa shape index (κ2) is 9.86. The Kier molecular flexibility index (Phi) is 8.11. The number of anilines is 1. The van der Waals surface area contributed by atoms with Crippen molar-refractivity contribution in [2.24, 2.45) is 5.73 Å². The summed E-state index contributed by atoms with van der Waals surface area (Å²) in [7, 11) is -4.48. The van der Waals surface area contributed by atoms with Crippen molar-refractivity contribution in [1.29, 1.82) is 0 Å². The molecule has 4 N–H and O–H groups in total. The number of hydrogen-bond acceptors (Lipinski definition) is 4. The van der Waals surface area contributed by atoms with Gasteiger partial charge in [0.2, 0.25) is 0 Å². The molecule has 148 valence electrons. The summed E-state index contributed by atoms with van der Waals surface area (Å²) in [6, 6.07) is 8.57. The van der Waals surface area contributed by atoms with Gasteiger partial charge in [0.25, 0.3) is 0 Å². The van der Waals surface area contributed by atoms with Crippen molar-refractivity contribution in [2.75, 3.05) is 24.6 Å². The lowest BCUT2D eigenvalue weighted by atomic mass is 10.0. The standard InChI is InChI=1S/C19H33N2O4P/c1-2-3-4-5-6-7-8-17-9-11-18(12-10-17)21-14-13-19(20,15-21)16-25-26(22,23)24/h9-12H,2-8,13-16,20H2,1H3,(H2,22,23,24). The highest BCUT2D eigenvalue weighted by Gasteiger charge is 2.36. The number of rotatable bonds is 11. The van der Waals surface area contributed by atoms with E-state index in [1.54, 1.807) is 0 Å². The van der Waals surface area contributed by atoms with Crippen molar-refractivity contribution in [3.8, 4) is 0 Å². The molecule has 7 heteroatoms. The first kappa shape index (κ1) is 21.4. The number of unbranched alkanes of at least 4 members (excludes halogenated alkanes) is 5. The topological polar surface area (TPSA) is 96.0 Å². The normalized spacial score (nSPS) is 20.7. The van der Waals surface area contributed by atoms with Crippen LogP contribution in [-0.2, 0) is 15.5 Å². The number of phosphoric ester groups is 1. The first-order chi connectivity index (χ1) is 12.3. The van der Waals surface area contributed by atoms with E-state index in [9.17, 15) is 4.57 Å². The Morgan fingerprint density at radius 2 is 1.81 bits per heavy atom. The van der Waals surface area contributed by atoms with E-state index in [1.807, 2.05) is 0 Å². The van der Waals surface area contributed by atoms with Crippen molar-refractivity contribution in [3.63, 3.8) is 0 Å². The smallest absolute Gasteiger partial charge is 0.370 e. The molecule has 1 aromatic rings. The Hall–Kier alpha value is -0.910.